The number of carboxylic acid groups (broad SMARTS) is 1. The molecule has 2 atom stereocenters. The van der Waals surface area contributed by atoms with E-state index in [0.29, 0.717) is 21.2 Å². The van der Waals surface area contributed by atoms with Gasteiger partial charge in [-0.25, -0.2) is 4.79 Å². The number of benzene rings is 2. The zero-order valence-corrected chi connectivity index (χ0v) is 17.4. The van der Waals surface area contributed by atoms with Crippen LogP contribution < -0.4 is 0 Å². The SMILES string of the molecule is CC(C)OC(Cc1cccc(C(C)(O)C#Cc2ccc(Cl)cc2Cl)c1)C(=O)O. The number of hydrogen-bond acceptors (Lipinski definition) is 3. The zero-order valence-electron chi connectivity index (χ0n) is 15.9. The van der Waals surface area contributed by atoms with Gasteiger partial charge in [-0.3, -0.25) is 0 Å². The number of aliphatic hydroxyl groups is 1. The summed E-state index contributed by atoms with van der Waals surface area (Å²) in [6.45, 7) is 5.14. The molecule has 2 rings (SSSR count). The molecule has 0 fully saturated rings. The van der Waals surface area contributed by atoms with E-state index in [0.717, 1.165) is 5.56 Å². The topological polar surface area (TPSA) is 66.8 Å². The number of carbonyl (C=O) groups is 1. The molecular weight excluding hydrogens is 399 g/mol. The Morgan fingerprint density at radius 3 is 2.54 bits per heavy atom. The Labute approximate surface area is 175 Å². The molecule has 0 radical (unpaired) electrons. The first-order valence-electron chi connectivity index (χ1n) is 8.77. The molecule has 28 heavy (non-hydrogen) atoms. The monoisotopic (exact) mass is 420 g/mol. The van der Waals surface area contributed by atoms with Crippen LogP contribution in [0.4, 0.5) is 0 Å². The van der Waals surface area contributed by atoms with Crippen molar-refractivity contribution in [1.82, 2.24) is 0 Å². The van der Waals surface area contributed by atoms with E-state index in [4.69, 9.17) is 27.9 Å². The number of aliphatic carboxylic acids is 1. The van der Waals surface area contributed by atoms with Crippen molar-refractivity contribution in [3.8, 4) is 11.8 Å². The van der Waals surface area contributed by atoms with Gasteiger partial charge in [0.05, 0.1) is 11.1 Å². The summed E-state index contributed by atoms with van der Waals surface area (Å²) in [5.74, 6) is 4.67. The molecule has 0 aromatic heterocycles. The molecule has 2 aromatic carbocycles. The van der Waals surface area contributed by atoms with Gasteiger partial charge in [-0.15, -0.1) is 0 Å². The van der Waals surface area contributed by atoms with Crippen molar-refractivity contribution in [3.05, 3.63) is 69.2 Å². The van der Waals surface area contributed by atoms with Crippen LogP contribution in [0.3, 0.4) is 0 Å². The Balaban J connectivity index is 2.26. The van der Waals surface area contributed by atoms with Crippen molar-refractivity contribution in [2.45, 2.75) is 45.0 Å². The molecule has 4 nitrogen and oxygen atoms in total. The van der Waals surface area contributed by atoms with Crippen molar-refractivity contribution >= 4 is 29.2 Å². The first-order chi connectivity index (χ1) is 13.1. The summed E-state index contributed by atoms with van der Waals surface area (Å²) in [5.41, 5.74) is 0.392. The lowest BCUT2D eigenvalue weighted by atomic mass is 9.93. The summed E-state index contributed by atoms with van der Waals surface area (Å²) in [6, 6.07) is 12.0. The molecule has 0 bridgehead atoms. The van der Waals surface area contributed by atoms with E-state index in [-0.39, 0.29) is 12.5 Å². The van der Waals surface area contributed by atoms with Gasteiger partial charge in [0.15, 0.2) is 6.10 Å². The van der Waals surface area contributed by atoms with E-state index in [1.807, 2.05) is 0 Å². The first-order valence-corrected chi connectivity index (χ1v) is 9.52. The molecule has 0 aliphatic heterocycles. The Morgan fingerprint density at radius 2 is 1.93 bits per heavy atom. The Morgan fingerprint density at radius 1 is 1.21 bits per heavy atom. The maximum atomic E-state index is 11.4. The van der Waals surface area contributed by atoms with Gasteiger partial charge in [0.2, 0.25) is 0 Å². The summed E-state index contributed by atoms with van der Waals surface area (Å²) in [4.78, 5) is 11.4. The number of halogens is 2. The van der Waals surface area contributed by atoms with E-state index in [9.17, 15) is 15.0 Å². The molecule has 0 amide bonds. The number of ether oxygens (including phenoxy) is 1. The summed E-state index contributed by atoms with van der Waals surface area (Å²) >= 11 is 12.0. The summed E-state index contributed by atoms with van der Waals surface area (Å²) in [7, 11) is 0. The third-order valence-electron chi connectivity index (χ3n) is 3.99. The molecule has 0 aliphatic carbocycles. The van der Waals surface area contributed by atoms with Gasteiger partial charge in [-0.05, 0) is 50.1 Å². The molecule has 2 aromatic rings. The highest BCUT2D eigenvalue weighted by Gasteiger charge is 2.23. The fraction of sp³-hybridized carbons (Fsp3) is 0.318. The maximum Gasteiger partial charge on any atom is 0.333 e. The Kier molecular flexibility index (Phi) is 7.51. The fourth-order valence-electron chi connectivity index (χ4n) is 2.59. The average molecular weight is 421 g/mol. The predicted molar refractivity (Wildman–Crippen MR) is 111 cm³/mol. The summed E-state index contributed by atoms with van der Waals surface area (Å²) in [6.07, 6.45) is -0.977. The van der Waals surface area contributed by atoms with E-state index < -0.39 is 17.7 Å². The van der Waals surface area contributed by atoms with E-state index in [2.05, 4.69) is 11.8 Å². The zero-order chi connectivity index (χ0) is 20.9. The lowest BCUT2D eigenvalue weighted by molar-refractivity contribution is -0.153. The molecule has 6 heteroatoms. The van der Waals surface area contributed by atoms with Gasteiger partial charge in [-0.1, -0.05) is 59.3 Å². The highest BCUT2D eigenvalue weighted by molar-refractivity contribution is 6.35. The van der Waals surface area contributed by atoms with Crippen molar-refractivity contribution in [1.29, 1.82) is 0 Å². The molecular formula is C22H22Cl2O4. The van der Waals surface area contributed by atoms with Gasteiger partial charge in [0.1, 0.15) is 5.60 Å². The minimum Gasteiger partial charge on any atom is -0.479 e. The maximum absolute atomic E-state index is 11.4. The van der Waals surface area contributed by atoms with Gasteiger partial charge in [0.25, 0.3) is 0 Å². The van der Waals surface area contributed by atoms with Crippen LogP contribution in [0.15, 0.2) is 42.5 Å². The van der Waals surface area contributed by atoms with Crippen LogP contribution in [0.5, 0.6) is 0 Å². The smallest absolute Gasteiger partial charge is 0.333 e. The minimum absolute atomic E-state index is 0.188. The standard InChI is InChI=1S/C22H22Cl2O4/c1-14(2)28-20(21(25)26)12-15-5-4-6-17(11-15)22(3,27)10-9-16-7-8-18(23)13-19(16)24/h4-8,11,13-14,20,27H,12H2,1-3H3,(H,25,26). The van der Waals surface area contributed by atoms with Crippen molar-refractivity contribution < 1.29 is 19.7 Å². The first kappa shape index (κ1) is 22.3. The average Bonchev–Trinajstić information content (AvgIpc) is 2.60. The molecule has 0 saturated carbocycles. The number of rotatable bonds is 6. The molecule has 0 heterocycles. The Hall–Kier alpha value is -2.03. The van der Waals surface area contributed by atoms with Gasteiger partial charge >= 0.3 is 5.97 Å². The second kappa shape index (κ2) is 9.45. The van der Waals surface area contributed by atoms with Crippen LogP contribution in [0.1, 0.15) is 37.5 Å². The molecule has 0 aliphatic rings. The van der Waals surface area contributed by atoms with E-state index in [1.54, 1.807) is 63.2 Å². The molecule has 148 valence electrons. The third kappa shape index (κ3) is 6.25. The third-order valence-corrected chi connectivity index (χ3v) is 4.54. The van der Waals surface area contributed by atoms with Crippen LogP contribution in [-0.4, -0.2) is 28.4 Å². The molecule has 0 saturated heterocycles. The van der Waals surface area contributed by atoms with Crippen LogP contribution in [0.25, 0.3) is 0 Å². The fourth-order valence-corrected chi connectivity index (χ4v) is 3.05. The van der Waals surface area contributed by atoms with Crippen molar-refractivity contribution in [2.24, 2.45) is 0 Å². The highest BCUT2D eigenvalue weighted by atomic mass is 35.5. The quantitative estimate of drug-likeness (QED) is 0.666. The van der Waals surface area contributed by atoms with Gasteiger partial charge in [0, 0.05) is 17.0 Å². The van der Waals surface area contributed by atoms with Crippen LogP contribution in [0.2, 0.25) is 10.0 Å². The van der Waals surface area contributed by atoms with Crippen LogP contribution in [0, 0.1) is 11.8 Å². The lowest BCUT2D eigenvalue weighted by Gasteiger charge is -2.20. The van der Waals surface area contributed by atoms with Gasteiger partial charge in [-0.2, -0.15) is 0 Å². The minimum atomic E-state index is -1.45. The van der Waals surface area contributed by atoms with Crippen LogP contribution in [-0.2, 0) is 21.6 Å². The molecule has 0 spiro atoms. The molecule has 2 unspecified atom stereocenters. The second-order valence-electron chi connectivity index (χ2n) is 6.86. The summed E-state index contributed by atoms with van der Waals surface area (Å²) < 4.78 is 5.45. The van der Waals surface area contributed by atoms with E-state index >= 15 is 0 Å². The number of carboxylic acids is 1. The van der Waals surface area contributed by atoms with Crippen molar-refractivity contribution in [3.63, 3.8) is 0 Å². The molecule has 2 N–H and O–H groups in total. The van der Waals surface area contributed by atoms with Gasteiger partial charge < -0.3 is 14.9 Å². The number of hydrogen-bond donors (Lipinski definition) is 2. The summed E-state index contributed by atoms with van der Waals surface area (Å²) in [5, 5.41) is 21.1. The van der Waals surface area contributed by atoms with E-state index in [1.165, 1.54) is 0 Å². The second-order valence-corrected chi connectivity index (χ2v) is 7.71. The van der Waals surface area contributed by atoms with Crippen LogP contribution >= 0.6 is 23.2 Å². The lowest BCUT2D eigenvalue weighted by Crippen LogP contribution is -2.29. The normalized spacial score (nSPS) is 14.1. The Bertz CT molecular complexity index is 910. The highest BCUT2D eigenvalue weighted by Crippen LogP contribution is 2.24. The van der Waals surface area contributed by atoms with Crippen molar-refractivity contribution in [2.75, 3.05) is 0 Å². The largest absolute Gasteiger partial charge is 0.479 e. The predicted octanol–water partition coefficient (Wildman–Crippen LogP) is 4.67.